The molecule has 374 valence electrons. The molecule has 63 heavy (non-hydrogen) atoms. The monoisotopic (exact) mass is 915 g/mol. The zero-order valence-corrected chi connectivity index (χ0v) is 40.9. The molecule has 0 rings (SSSR count). The highest BCUT2D eigenvalue weighted by atomic mass is 16.6. The van der Waals surface area contributed by atoms with E-state index in [2.05, 4.69) is 11.3 Å². The standard InChI is InChI=1S/C25H50O11.C13H22O5.C7H14O2/c1-5-25(2,3)24(26)36-23-22-35-21-20-34-19-18-33-17-16-32-15-14-31-13-12-30-11-10-29-9-8-28-7-6-27-4;1-6-13(4,5)12(16)18-8-10(14)7-17-11(15)9(2)3;1-5-7(2,3)6(8)9-4/h5-23H2,1-4H3;10,14H,2,6-8H2,1,3-5H3;5H2,1-4H3. The van der Waals surface area contributed by atoms with Gasteiger partial charge in [-0.1, -0.05) is 27.4 Å². The summed E-state index contributed by atoms with van der Waals surface area (Å²) in [6.07, 6.45) is 1.18. The molecule has 0 aromatic rings. The van der Waals surface area contributed by atoms with Gasteiger partial charge in [0.2, 0.25) is 0 Å². The highest BCUT2D eigenvalue weighted by Gasteiger charge is 2.28. The van der Waals surface area contributed by atoms with E-state index in [1.54, 1.807) is 21.0 Å². The lowest BCUT2D eigenvalue weighted by Crippen LogP contribution is -2.31. The summed E-state index contributed by atoms with van der Waals surface area (Å²) in [5, 5.41) is 9.48. The van der Waals surface area contributed by atoms with E-state index in [1.807, 2.05) is 48.5 Å². The molecule has 0 bridgehead atoms. The van der Waals surface area contributed by atoms with Crippen LogP contribution in [0.1, 0.15) is 88.5 Å². The molecule has 0 aliphatic heterocycles. The highest BCUT2D eigenvalue weighted by Crippen LogP contribution is 2.22. The van der Waals surface area contributed by atoms with Crippen LogP contribution in [0.3, 0.4) is 0 Å². The number of aliphatic hydroxyl groups excluding tert-OH is 1. The summed E-state index contributed by atoms with van der Waals surface area (Å²) in [4.78, 5) is 45.3. The third kappa shape index (κ3) is 40.5. The van der Waals surface area contributed by atoms with Crippen molar-refractivity contribution in [3.8, 4) is 0 Å². The van der Waals surface area contributed by atoms with E-state index in [0.29, 0.717) is 119 Å². The van der Waals surface area contributed by atoms with Crippen molar-refractivity contribution in [1.29, 1.82) is 0 Å². The van der Waals surface area contributed by atoms with Gasteiger partial charge in [-0.3, -0.25) is 14.4 Å². The van der Waals surface area contributed by atoms with Crippen molar-refractivity contribution >= 4 is 23.9 Å². The molecule has 18 nitrogen and oxygen atoms in total. The van der Waals surface area contributed by atoms with Crippen LogP contribution in [0.5, 0.6) is 0 Å². The van der Waals surface area contributed by atoms with Crippen LogP contribution in [0.4, 0.5) is 0 Å². The minimum absolute atomic E-state index is 0.134. The molecule has 0 radical (unpaired) electrons. The van der Waals surface area contributed by atoms with Crippen molar-refractivity contribution in [3.05, 3.63) is 12.2 Å². The van der Waals surface area contributed by atoms with Crippen LogP contribution in [0.25, 0.3) is 0 Å². The maximum absolute atomic E-state index is 11.8. The molecule has 0 spiro atoms. The van der Waals surface area contributed by atoms with Crippen LogP contribution in [0.15, 0.2) is 12.2 Å². The van der Waals surface area contributed by atoms with Crippen molar-refractivity contribution in [3.63, 3.8) is 0 Å². The van der Waals surface area contributed by atoms with Gasteiger partial charge in [-0.15, -0.1) is 0 Å². The Kier molecular flexibility index (Phi) is 42.9. The number of carbonyl (C=O) groups excluding carboxylic acids is 4. The number of rotatable bonds is 38. The minimum Gasteiger partial charge on any atom is -0.469 e. The maximum atomic E-state index is 11.8. The van der Waals surface area contributed by atoms with E-state index in [0.717, 1.165) is 12.8 Å². The first-order chi connectivity index (χ1) is 29.8. The molecule has 0 aromatic carbocycles. The Morgan fingerprint density at radius 2 is 0.714 bits per heavy atom. The second-order valence-corrected chi connectivity index (χ2v) is 15.9. The van der Waals surface area contributed by atoms with Gasteiger partial charge >= 0.3 is 23.9 Å². The summed E-state index contributed by atoms with van der Waals surface area (Å²) in [7, 11) is 3.06. The van der Waals surface area contributed by atoms with E-state index in [-0.39, 0.29) is 48.7 Å². The van der Waals surface area contributed by atoms with E-state index in [4.69, 9.17) is 56.8 Å². The van der Waals surface area contributed by atoms with Gasteiger partial charge in [0.05, 0.1) is 136 Å². The lowest BCUT2D eigenvalue weighted by molar-refractivity contribution is -0.159. The summed E-state index contributed by atoms with van der Waals surface area (Å²) in [6.45, 7) is 30.3. The smallest absolute Gasteiger partial charge is 0.333 e. The van der Waals surface area contributed by atoms with Gasteiger partial charge in [-0.2, -0.15) is 0 Å². The predicted molar refractivity (Wildman–Crippen MR) is 236 cm³/mol. The molecular formula is C45H86O18. The third-order valence-corrected chi connectivity index (χ3v) is 9.15. The first kappa shape index (κ1) is 64.5. The lowest BCUT2D eigenvalue weighted by Gasteiger charge is -2.21. The summed E-state index contributed by atoms with van der Waals surface area (Å²) in [5.74, 6) is -1.28. The van der Waals surface area contributed by atoms with Gasteiger partial charge in [0, 0.05) is 12.7 Å². The van der Waals surface area contributed by atoms with E-state index < -0.39 is 22.9 Å². The molecule has 18 heteroatoms. The molecular weight excluding hydrogens is 828 g/mol. The molecule has 1 atom stereocenters. The number of hydrogen-bond acceptors (Lipinski definition) is 18. The van der Waals surface area contributed by atoms with Crippen LogP contribution < -0.4 is 0 Å². The Morgan fingerprint density at radius 1 is 0.444 bits per heavy atom. The summed E-state index contributed by atoms with van der Waals surface area (Å²) >= 11 is 0. The largest absolute Gasteiger partial charge is 0.469 e. The molecule has 0 aromatic heterocycles. The lowest BCUT2D eigenvalue weighted by atomic mass is 9.91. The molecule has 1 unspecified atom stereocenters. The number of esters is 4. The second kappa shape index (κ2) is 41.9. The molecule has 1 N–H and O–H groups in total. The number of methoxy groups -OCH3 is 2. The average Bonchev–Trinajstić information content (AvgIpc) is 3.26. The normalized spacial score (nSPS) is 12.0. The summed E-state index contributed by atoms with van der Waals surface area (Å²) < 4.78 is 67.5. The van der Waals surface area contributed by atoms with Crippen LogP contribution >= 0.6 is 0 Å². The van der Waals surface area contributed by atoms with Crippen LogP contribution in [0.2, 0.25) is 0 Å². The molecule has 0 saturated carbocycles. The van der Waals surface area contributed by atoms with Crippen molar-refractivity contribution in [2.24, 2.45) is 16.2 Å². The molecule has 0 saturated heterocycles. The summed E-state index contributed by atoms with van der Waals surface area (Å²) in [5.41, 5.74) is -1.08. The zero-order chi connectivity index (χ0) is 48.4. The van der Waals surface area contributed by atoms with Gasteiger partial charge < -0.3 is 66.7 Å². The highest BCUT2D eigenvalue weighted by molar-refractivity contribution is 5.86. The summed E-state index contributed by atoms with van der Waals surface area (Å²) in [6, 6.07) is 0. The maximum Gasteiger partial charge on any atom is 0.333 e. The van der Waals surface area contributed by atoms with Gasteiger partial charge in [-0.25, -0.2) is 4.79 Å². The molecule has 0 heterocycles. The predicted octanol–water partition coefficient (Wildman–Crippen LogP) is 4.79. The molecule has 0 fully saturated rings. The molecule has 0 amide bonds. The Labute approximate surface area is 378 Å². The Morgan fingerprint density at radius 3 is 0.984 bits per heavy atom. The quantitative estimate of drug-likeness (QED) is 0.0382. The first-order valence-electron chi connectivity index (χ1n) is 21.8. The topological polar surface area (TPSA) is 208 Å². The van der Waals surface area contributed by atoms with E-state index in [9.17, 15) is 24.3 Å². The van der Waals surface area contributed by atoms with Crippen molar-refractivity contribution < 1.29 is 85.9 Å². The van der Waals surface area contributed by atoms with E-state index in [1.165, 1.54) is 14.0 Å². The van der Waals surface area contributed by atoms with Gasteiger partial charge in [-0.05, 0) is 67.7 Å². The number of carbonyl (C=O) groups is 4. The average molecular weight is 915 g/mol. The second-order valence-electron chi connectivity index (χ2n) is 15.9. The van der Waals surface area contributed by atoms with Crippen molar-refractivity contribution in [2.45, 2.75) is 94.6 Å². The van der Waals surface area contributed by atoms with Gasteiger partial charge in [0.1, 0.15) is 25.9 Å². The van der Waals surface area contributed by atoms with Gasteiger partial charge in [0.25, 0.3) is 0 Å². The van der Waals surface area contributed by atoms with Crippen molar-refractivity contribution in [1.82, 2.24) is 0 Å². The Hall–Kier alpha value is -2.78. The number of aliphatic hydroxyl groups is 1. The van der Waals surface area contributed by atoms with Crippen molar-refractivity contribution in [2.75, 3.05) is 146 Å². The number of hydrogen-bond donors (Lipinski definition) is 1. The third-order valence-electron chi connectivity index (χ3n) is 9.15. The Bertz CT molecular complexity index is 1140. The molecule has 0 aliphatic carbocycles. The zero-order valence-electron chi connectivity index (χ0n) is 40.9. The Balaban J connectivity index is -0.00000109. The fourth-order valence-electron chi connectivity index (χ4n) is 3.59. The fraction of sp³-hybridized carbons (Fsp3) is 0.867. The first-order valence-corrected chi connectivity index (χ1v) is 21.8. The SMILES string of the molecule is C=C(C)C(=O)OCC(O)COC(=O)C(C)(C)CC.CCC(C)(C)C(=O)OC.CCC(C)(C)C(=O)OCCOCCOCCOCCOCCOCCOCCOCCOCCOC. The van der Waals surface area contributed by atoms with Gasteiger partial charge in [0.15, 0.2) is 0 Å². The molecule has 0 aliphatic rings. The van der Waals surface area contributed by atoms with Crippen LogP contribution in [-0.4, -0.2) is 181 Å². The van der Waals surface area contributed by atoms with E-state index >= 15 is 0 Å². The minimum atomic E-state index is -1.02. The van der Waals surface area contributed by atoms with Crippen LogP contribution in [-0.2, 0) is 80.8 Å². The van der Waals surface area contributed by atoms with Crippen LogP contribution in [0, 0.1) is 16.2 Å². The fourth-order valence-corrected chi connectivity index (χ4v) is 3.59. The number of ether oxygens (including phenoxy) is 13.